The normalized spacial score (nSPS) is 15.8. The van der Waals surface area contributed by atoms with Crippen molar-refractivity contribution in [2.75, 3.05) is 7.11 Å². The first-order chi connectivity index (χ1) is 56.7. The van der Waals surface area contributed by atoms with E-state index in [1.54, 1.807) is 116 Å². The van der Waals surface area contributed by atoms with E-state index in [0.717, 1.165) is 151 Å². The minimum Gasteiger partial charge on any atom is -0.496 e. The molecule has 0 saturated carbocycles. The molecule has 0 saturated heterocycles. The van der Waals surface area contributed by atoms with Crippen molar-refractivity contribution < 1.29 is 73.9 Å². The molecule has 0 spiro atoms. The maximum absolute atomic E-state index is 12.9. The minimum absolute atomic E-state index is 0.0626. The molecule has 5 aliphatic rings. The molecule has 117 heavy (non-hydrogen) atoms. The van der Waals surface area contributed by atoms with Crippen molar-refractivity contribution in [1.82, 2.24) is 72.6 Å². The van der Waals surface area contributed by atoms with Crippen LogP contribution in [0.2, 0.25) is 0 Å². The number of amides is 9. The molecule has 29 nitrogen and oxygen atoms in total. The third-order valence-corrected chi connectivity index (χ3v) is 22.0. The maximum Gasteiger partial charge on any atom is 0.274 e. The van der Waals surface area contributed by atoms with Gasteiger partial charge in [0.2, 0.25) is 0 Å². The van der Waals surface area contributed by atoms with Crippen molar-refractivity contribution in [1.29, 1.82) is 0 Å². The van der Waals surface area contributed by atoms with Crippen LogP contribution in [0.25, 0.3) is 22.2 Å². The summed E-state index contributed by atoms with van der Waals surface area (Å²) in [4.78, 5) is 108. The molecule has 9 amide bonds. The first kappa shape index (κ1) is 83.1. The van der Waals surface area contributed by atoms with E-state index < -0.39 is 29.5 Å². The molecule has 4 heterocycles. The van der Waals surface area contributed by atoms with Crippen LogP contribution in [0.4, 0.5) is 0 Å². The van der Waals surface area contributed by atoms with E-state index in [1.165, 1.54) is 24.0 Å². The van der Waals surface area contributed by atoms with Gasteiger partial charge in [-0.3, -0.25) is 74.3 Å². The summed E-state index contributed by atoms with van der Waals surface area (Å²) in [5.41, 5.74) is 25.9. The summed E-state index contributed by atoms with van der Waals surface area (Å²) >= 11 is 0. The van der Waals surface area contributed by atoms with Crippen LogP contribution in [0.1, 0.15) is 238 Å². The number of H-pyrrole nitrogens is 1. The lowest BCUT2D eigenvalue weighted by Crippen LogP contribution is -2.32. The number of aromatic amines is 1. The van der Waals surface area contributed by atoms with Crippen LogP contribution in [0.3, 0.4) is 0 Å². The number of nitrogens with one attached hydrogen (secondary N) is 10. The second kappa shape index (κ2) is 38.7. The van der Waals surface area contributed by atoms with Gasteiger partial charge < -0.3 is 39.7 Å². The molecule has 606 valence electrons. The van der Waals surface area contributed by atoms with Gasteiger partial charge in [0.05, 0.1) is 37.0 Å². The Bertz CT molecular complexity index is 5380. The fourth-order valence-electron chi connectivity index (χ4n) is 15.9. The smallest absolute Gasteiger partial charge is 0.274 e. The number of nitrogens with zero attached hydrogens (tertiary/aromatic N) is 4. The highest BCUT2D eigenvalue weighted by atomic mass is 16.5. The maximum atomic E-state index is 12.9. The number of carbonyl (C=O) groups is 9. The fourth-order valence-corrected chi connectivity index (χ4v) is 15.9. The number of carbonyl (C=O) groups excluding carboxylic acids is 9. The third-order valence-electron chi connectivity index (χ3n) is 22.0. The Balaban J connectivity index is 0.000000137. The summed E-state index contributed by atoms with van der Waals surface area (Å²) in [7, 11) is 7.16. The van der Waals surface area contributed by atoms with Crippen LogP contribution < -0.4 is 53.4 Å². The van der Waals surface area contributed by atoms with Crippen LogP contribution in [0.5, 0.6) is 5.75 Å². The van der Waals surface area contributed by atoms with Gasteiger partial charge in [0, 0.05) is 77.8 Å². The van der Waals surface area contributed by atoms with Crippen LogP contribution >= 0.6 is 0 Å². The van der Waals surface area contributed by atoms with Crippen LogP contribution in [0, 0.1) is 0 Å². The average molecular weight is 1590 g/mol. The zero-order valence-corrected chi connectivity index (χ0v) is 65.1. The number of fused-ring (bicyclic) bond motifs is 6. The molecule has 7 aromatic carbocycles. The second-order valence-corrected chi connectivity index (χ2v) is 29.2. The van der Waals surface area contributed by atoms with E-state index in [0.29, 0.717) is 62.0 Å². The highest BCUT2D eigenvalue weighted by Crippen LogP contribution is 2.37. The van der Waals surface area contributed by atoms with Crippen molar-refractivity contribution in [2.45, 2.75) is 127 Å². The molecule has 0 fully saturated rings. The van der Waals surface area contributed by atoms with Gasteiger partial charge >= 0.3 is 0 Å². The second-order valence-electron chi connectivity index (χ2n) is 29.2. The van der Waals surface area contributed by atoms with E-state index in [1.807, 2.05) is 141 Å². The molecule has 0 bridgehead atoms. The highest BCUT2D eigenvalue weighted by molar-refractivity contribution is 6.00. The summed E-state index contributed by atoms with van der Waals surface area (Å²) in [6.07, 6.45) is 18.7. The number of para-hydroxylation sites is 2. The summed E-state index contributed by atoms with van der Waals surface area (Å²) in [6, 6.07) is 52.6. The van der Waals surface area contributed by atoms with E-state index in [-0.39, 0.29) is 47.8 Å². The number of methoxy groups -OCH3 is 1. The molecular weight excluding hydrogens is 1490 g/mol. The molecule has 0 aliphatic heterocycles. The number of hydrogen-bond acceptors (Lipinski definition) is 16. The topological polar surface area (TPSA) is 416 Å². The first-order valence-electron chi connectivity index (χ1n) is 38.7. The molecule has 0 radical (unpaired) electrons. The monoisotopic (exact) mass is 1590 g/mol. The first-order valence-corrected chi connectivity index (χ1v) is 38.7. The third kappa shape index (κ3) is 19.7. The Kier molecular flexibility index (Phi) is 27.5. The Morgan fingerprint density at radius 2 is 0.726 bits per heavy atom. The summed E-state index contributed by atoms with van der Waals surface area (Å²) < 4.78 is 10.8. The van der Waals surface area contributed by atoms with Gasteiger partial charge in [-0.05, 0) is 274 Å². The number of aromatic nitrogens is 5. The fraction of sp³-hybridized carbons (Fsp3) is 0.273. The number of hydrogen-bond donors (Lipinski definition) is 15. The van der Waals surface area contributed by atoms with Gasteiger partial charge in [0.1, 0.15) is 28.5 Å². The van der Waals surface area contributed by atoms with E-state index in [9.17, 15) is 43.2 Å². The van der Waals surface area contributed by atoms with Gasteiger partial charge in [-0.2, -0.15) is 5.10 Å². The molecule has 15 N–H and O–H groups in total. The van der Waals surface area contributed by atoms with Crippen LogP contribution in [-0.2, 0) is 59.7 Å². The van der Waals surface area contributed by atoms with Crippen molar-refractivity contribution in [2.24, 2.45) is 21.1 Å². The lowest BCUT2D eigenvalue weighted by atomic mass is 9.86. The van der Waals surface area contributed by atoms with Crippen molar-refractivity contribution in [3.63, 3.8) is 0 Å². The molecule has 29 heteroatoms. The van der Waals surface area contributed by atoms with Crippen molar-refractivity contribution >= 4 is 64.1 Å². The molecular formula is C88H94N14O15. The predicted molar refractivity (Wildman–Crippen MR) is 432 cm³/mol. The quantitative estimate of drug-likeness (QED) is 0.0335. The number of hydroxylamine groups is 5. The zero-order valence-electron chi connectivity index (χ0n) is 65.1. The zero-order chi connectivity index (χ0) is 82.8. The Morgan fingerprint density at radius 1 is 0.368 bits per heavy atom. The van der Waals surface area contributed by atoms with Gasteiger partial charge in [0.25, 0.3) is 53.2 Å². The Morgan fingerprint density at radius 3 is 1.12 bits per heavy atom. The Labute approximate surface area is 674 Å². The molecule has 0 unspecified atom stereocenters. The molecule has 4 atom stereocenters. The number of aryl methyl sites for hydroxylation is 9. The highest BCUT2D eigenvalue weighted by Gasteiger charge is 2.30. The molecule has 5 aliphatic carbocycles. The van der Waals surface area contributed by atoms with Crippen molar-refractivity contribution in [3.05, 3.63) is 295 Å². The van der Waals surface area contributed by atoms with Gasteiger partial charge in [-0.25, -0.2) is 27.4 Å². The standard InChI is InChI=1S/C22H22N4O4.C21H21N3O3.2C17H19N3O3.C11H13NO2/c1-30-20-8-3-2-6-16(20)18-12-19(25-24-18)22(28)23-17-7-4-5-13-11-14(21(27)26-29)9-10-15(13)17;1-24-18-8-3-2-5-14(18)12-19(24)21(26)22-17-7-4-6-13-11-15(20(25)23-27)9-10-16(13)17;2*1-20-9-3-6-15(20)17(22)18-14-5-2-4-11-10-12(16(21)19-23)7-8-13(11)14;13-11(12-14)10-6-5-8-3-1-2-4-9(8)7-10/h2-3,6,8-12,17,29H,4-5,7H2,1H3,(H,23,28)(H,24,25)(H,26,27);2-3,5,8-12,17,27H,4,6-7H2,1H3,(H,22,26)(H,23,25);2*3,6-10,14,23H,2,4-5H2,1H3,(H,18,22)(H,19,21);5-7,14H,1-4H2,(H,12,13)/t2*17-;2*14-;/m0110./s1. The molecule has 11 aromatic rings. The summed E-state index contributed by atoms with van der Waals surface area (Å²) in [5, 5.41) is 64.1. The summed E-state index contributed by atoms with van der Waals surface area (Å²) in [6.45, 7) is 0. The lowest BCUT2D eigenvalue weighted by molar-refractivity contribution is 0.0702. The van der Waals surface area contributed by atoms with E-state index in [2.05, 4.69) is 31.5 Å². The van der Waals surface area contributed by atoms with Gasteiger partial charge in [0.15, 0.2) is 0 Å². The molecule has 16 rings (SSSR count). The lowest BCUT2D eigenvalue weighted by Gasteiger charge is -2.27. The number of ether oxygens (including phenoxy) is 1. The van der Waals surface area contributed by atoms with Crippen molar-refractivity contribution in [3.8, 4) is 17.0 Å². The predicted octanol–water partition coefficient (Wildman–Crippen LogP) is 11.7. The van der Waals surface area contributed by atoms with Crippen LogP contribution in [-0.4, -0.2) is 110 Å². The number of benzene rings is 7. The largest absolute Gasteiger partial charge is 0.496 e. The Hall–Kier alpha value is -13.3. The summed E-state index contributed by atoms with van der Waals surface area (Å²) in [5.74, 6) is -2.45. The van der Waals surface area contributed by atoms with E-state index >= 15 is 0 Å². The SMILES string of the molecule is COc1ccccc1-c1cc(C(=O)N[C@H]2CCCc3cc(C(=O)NO)ccc32)[nH]n1.Cn1c(C(=O)N[C@@H]2CCCc3cc(C(=O)NO)ccc32)cc2ccccc21.Cn1cccc1C(=O)N[C@@H]1CCCc2cc(C(=O)NO)ccc21.Cn1cccc1C(=O)N[C@H]1CCCc2cc(C(=O)NO)ccc21.O=C(NO)c1ccc2c(c1)CCCC2. The molecule has 4 aromatic heterocycles. The van der Waals surface area contributed by atoms with E-state index in [4.69, 9.17) is 30.8 Å². The average Bonchev–Trinajstić information content (AvgIpc) is 1.78. The minimum atomic E-state index is -0.551. The number of rotatable bonds is 15. The van der Waals surface area contributed by atoms with Gasteiger partial charge in [-0.1, -0.05) is 60.7 Å². The van der Waals surface area contributed by atoms with Gasteiger partial charge in [-0.15, -0.1) is 0 Å². The van der Waals surface area contributed by atoms with Crippen LogP contribution in [0.15, 0.2) is 188 Å².